The molecule has 3 aromatic carbocycles. The summed E-state index contributed by atoms with van der Waals surface area (Å²) >= 11 is 12.5. The molecule has 0 spiro atoms. The van der Waals surface area contributed by atoms with E-state index in [1.54, 1.807) is 30.3 Å². The van der Waals surface area contributed by atoms with Gasteiger partial charge >= 0.3 is 5.97 Å². The van der Waals surface area contributed by atoms with Crippen LogP contribution in [0.1, 0.15) is 27.0 Å². The number of aryl methyl sites for hydroxylation is 1. The lowest BCUT2D eigenvalue weighted by atomic mass is 10.1. The summed E-state index contributed by atoms with van der Waals surface area (Å²) < 4.78 is 5.84. The number of nitriles is 1. The number of anilines is 1. The van der Waals surface area contributed by atoms with Crippen LogP contribution in [0.2, 0.25) is 10.0 Å². The van der Waals surface area contributed by atoms with Crippen LogP contribution in [0.3, 0.4) is 0 Å². The van der Waals surface area contributed by atoms with Crippen molar-refractivity contribution in [2.24, 2.45) is 0 Å². The van der Waals surface area contributed by atoms with E-state index in [0.29, 0.717) is 21.8 Å². The van der Waals surface area contributed by atoms with Gasteiger partial charge in [-0.25, -0.2) is 4.79 Å². The zero-order valence-electron chi connectivity index (χ0n) is 17.4. The Balaban J connectivity index is 1.86. The lowest BCUT2D eigenvalue weighted by molar-refractivity contribution is -0.112. The summed E-state index contributed by atoms with van der Waals surface area (Å²) in [5.74, 6) is -1.38. The number of halogens is 2. The van der Waals surface area contributed by atoms with Crippen molar-refractivity contribution in [2.45, 2.75) is 13.5 Å². The lowest BCUT2D eigenvalue weighted by Crippen LogP contribution is -2.13. The summed E-state index contributed by atoms with van der Waals surface area (Å²) in [7, 11) is 0. The van der Waals surface area contributed by atoms with Crippen LogP contribution in [-0.4, -0.2) is 17.0 Å². The fourth-order valence-corrected chi connectivity index (χ4v) is 3.53. The minimum atomic E-state index is -1.02. The third-order valence-corrected chi connectivity index (χ3v) is 5.06. The first-order valence-electron chi connectivity index (χ1n) is 9.70. The van der Waals surface area contributed by atoms with E-state index in [4.69, 9.17) is 33.0 Å². The van der Waals surface area contributed by atoms with Gasteiger partial charge in [-0.15, -0.1) is 0 Å². The zero-order valence-corrected chi connectivity index (χ0v) is 18.9. The first-order chi connectivity index (χ1) is 15.8. The van der Waals surface area contributed by atoms with Crippen molar-refractivity contribution in [3.8, 4) is 11.8 Å². The summed E-state index contributed by atoms with van der Waals surface area (Å²) in [5.41, 5.74) is 2.58. The van der Waals surface area contributed by atoms with Gasteiger partial charge in [0, 0.05) is 16.3 Å². The Morgan fingerprint density at radius 1 is 1.12 bits per heavy atom. The van der Waals surface area contributed by atoms with Gasteiger partial charge in [-0.05, 0) is 60.5 Å². The van der Waals surface area contributed by atoms with Gasteiger partial charge in [0.25, 0.3) is 5.91 Å². The van der Waals surface area contributed by atoms with Gasteiger partial charge in [0.05, 0.1) is 10.6 Å². The van der Waals surface area contributed by atoms with Gasteiger partial charge in [0.2, 0.25) is 0 Å². The molecule has 6 nitrogen and oxygen atoms in total. The maximum atomic E-state index is 12.7. The number of carbonyl (C=O) groups is 2. The molecular weight excluding hydrogens is 463 g/mol. The molecule has 2 N–H and O–H groups in total. The molecule has 0 aliphatic heterocycles. The lowest BCUT2D eigenvalue weighted by Gasteiger charge is -2.13. The van der Waals surface area contributed by atoms with Crippen LogP contribution in [0.15, 0.2) is 66.2 Å². The Hall–Kier alpha value is -3.79. The Morgan fingerprint density at radius 2 is 1.85 bits per heavy atom. The zero-order chi connectivity index (χ0) is 24.0. The maximum Gasteiger partial charge on any atom is 0.335 e. The summed E-state index contributed by atoms with van der Waals surface area (Å²) in [5, 5.41) is 21.8. The van der Waals surface area contributed by atoms with E-state index >= 15 is 0 Å². The minimum Gasteiger partial charge on any atom is -0.487 e. The molecule has 0 saturated carbocycles. The van der Waals surface area contributed by atoms with Gasteiger partial charge < -0.3 is 15.2 Å². The van der Waals surface area contributed by atoms with Gasteiger partial charge in [-0.3, -0.25) is 4.79 Å². The fraction of sp³-hybridized carbons (Fsp3) is 0.0800. The Morgan fingerprint density at radius 3 is 2.48 bits per heavy atom. The second kappa shape index (κ2) is 10.7. The second-order valence-electron chi connectivity index (χ2n) is 7.09. The molecule has 0 aliphatic rings. The minimum absolute atomic E-state index is 0.0828. The van der Waals surface area contributed by atoms with Crippen LogP contribution in [-0.2, 0) is 11.4 Å². The van der Waals surface area contributed by atoms with Crippen LogP contribution in [0, 0.1) is 18.3 Å². The van der Waals surface area contributed by atoms with Crippen LogP contribution in [0.4, 0.5) is 5.69 Å². The topological polar surface area (TPSA) is 99.4 Å². The molecule has 0 unspecified atom stereocenters. The predicted molar refractivity (Wildman–Crippen MR) is 128 cm³/mol. The van der Waals surface area contributed by atoms with Gasteiger partial charge in [-0.2, -0.15) is 5.26 Å². The molecule has 3 aromatic rings. The number of carboxylic acid groups (broad SMARTS) is 1. The molecular formula is C25H18Cl2N2O4. The number of rotatable bonds is 7. The molecule has 0 aromatic heterocycles. The molecule has 0 heterocycles. The molecule has 33 heavy (non-hydrogen) atoms. The summed E-state index contributed by atoms with van der Waals surface area (Å²) in [6.45, 7) is 1.98. The number of carbonyl (C=O) groups excluding carboxylic acids is 1. The van der Waals surface area contributed by atoms with E-state index in [1.807, 2.05) is 19.1 Å². The molecule has 0 atom stereocenters. The average Bonchev–Trinajstić information content (AvgIpc) is 2.77. The summed E-state index contributed by atoms with van der Waals surface area (Å²) in [4.78, 5) is 23.7. The Labute approximate surface area is 200 Å². The first kappa shape index (κ1) is 23.9. The summed E-state index contributed by atoms with van der Waals surface area (Å²) in [6.07, 6.45) is 1.35. The number of hydrogen-bond acceptors (Lipinski definition) is 4. The molecule has 8 heteroatoms. The van der Waals surface area contributed by atoms with Crippen LogP contribution in [0.25, 0.3) is 6.08 Å². The molecule has 0 aliphatic carbocycles. The second-order valence-corrected chi connectivity index (χ2v) is 7.93. The van der Waals surface area contributed by atoms with Crippen molar-refractivity contribution in [2.75, 3.05) is 5.32 Å². The highest BCUT2D eigenvalue weighted by Crippen LogP contribution is 2.34. The largest absolute Gasteiger partial charge is 0.487 e. The molecule has 166 valence electrons. The highest BCUT2D eigenvalue weighted by atomic mass is 35.5. The first-order valence-corrected chi connectivity index (χ1v) is 10.5. The number of nitrogens with one attached hydrogen (secondary N) is 1. The van der Waals surface area contributed by atoms with Crippen LogP contribution >= 0.6 is 23.2 Å². The SMILES string of the molecule is Cc1cccc(NC(=O)/C(C#N)=C/c2cc(Cl)cc(Cl)c2OCc2ccc(C(=O)O)cc2)c1. The van der Waals surface area contributed by atoms with Crippen molar-refractivity contribution in [3.05, 3.63) is 98.5 Å². The number of nitrogens with zero attached hydrogens (tertiary/aromatic N) is 1. The average molecular weight is 481 g/mol. The van der Waals surface area contributed by atoms with E-state index in [-0.39, 0.29) is 28.5 Å². The fourth-order valence-electron chi connectivity index (χ4n) is 2.96. The van der Waals surface area contributed by atoms with Gasteiger partial charge in [0.15, 0.2) is 0 Å². The van der Waals surface area contributed by atoms with Gasteiger partial charge in [0.1, 0.15) is 24.0 Å². The van der Waals surface area contributed by atoms with Crippen molar-refractivity contribution >= 4 is 46.8 Å². The van der Waals surface area contributed by atoms with Crippen molar-refractivity contribution < 1.29 is 19.4 Å². The van der Waals surface area contributed by atoms with Crippen molar-refractivity contribution in [3.63, 3.8) is 0 Å². The van der Waals surface area contributed by atoms with E-state index in [0.717, 1.165) is 5.56 Å². The molecule has 3 rings (SSSR count). The molecule has 0 bridgehead atoms. The number of amides is 1. The number of benzene rings is 3. The third-order valence-electron chi connectivity index (χ3n) is 4.56. The monoisotopic (exact) mass is 480 g/mol. The van der Waals surface area contributed by atoms with E-state index < -0.39 is 11.9 Å². The van der Waals surface area contributed by atoms with Crippen molar-refractivity contribution in [1.29, 1.82) is 5.26 Å². The molecule has 1 amide bonds. The van der Waals surface area contributed by atoms with Gasteiger partial charge in [-0.1, -0.05) is 47.5 Å². The highest BCUT2D eigenvalue weighted by molar-refractivity contribution is 6.36. The predicted octanol–water partition coefficient (Wildman–Crippen LogP) is 6.12. The molecule has 0 radical (unpaired) electrons. The highest BCUT2D eigenvalue weighted by Gasteiger charge is 2.15. The normalized spacial score (nSPS) is 10.9. The Kier molecular flexibility index (Phi) is 7.73. The maximum absolute atomic E-state index is 12.7. The molecule has 0 fully saturated rings. The van der Waals surface area contributed by atoms with Crippen molar-refractivity contribution in [1.82, 2.24) is 0 Å². The summed E-state index contributed by atoms with van der Waals surface area (Å²) in [6, 6.07) is 18.3. The van der Waals surface area contributed by atoms with Crippen LogP contribution in [0.5, 0.6) is 5.75 Å². The van der Waals surface area contributed by atoms with E-state index in [1.165, 1.54) is 30.3 Å². The smallest absolute Gasteiger partial charge is 0.335 e. The number of aromatic carboxylic acids is 1. The number of carboxylic acids is 1. The standard InChI is InChI=1S/C25H18Cl2N2O4/c1-15-3-2-4-21(9-15)29-24(30)19(13-28)10-18-11-20(26)12-22(27)23(18)33-14-16-5-7-17(8-6-16)25(31)32/h2-12H,14H2,1H3,(H,29,30)(H,31,32)/b19-10+. The van der Waals surface area contributed by atoms with E-state index in [9.17, 15) is 14.9 Å². The third kappa shape index (κ3) is 6.36. The molecule has 0 saturated heterocycles. The number of hydrogen-bond donors (Lipinski definition) is 2. The number of ether oxygens (including phenoxy) is 1. The Bertz CT molecular complexity index is 1280. The van der Waals surface area contributed by atoms with Crippen LogP contribution < -0.4 is 10.1 Å². The quantitative estimate of drug-likeness (QED) is 0.313. The van der Waals surface area contributed by atoms with E-state index in [2.05, 4.69) is 5.32 Å².